The zero-order valence-electron chi connectivity index (χ0n) is 13.2. The number of amides is 2. The van der Waals surface area contributed by atoms with Crippen LogP contribution in [0.15, 0.2) is 70.7 Å². The van der Waals surface area contributed by atoms with Crippen molar-refractivity contribution in [1.29, 1.82) is 0 Å². The third-order valence-electron chi connectivity index (χ3n) is 3.96. The molecule has 3 atom stereocenters. The molecule has 3 N–H and O–H groups in total. The molecule has 0 saturated carbocycles. The Hall–Kier alpha value is -2.67. The third kappa shape index (κ3) is 3.71. The molecule has 1 fully saturated rings. The highest BCUT2D eigenvalue weighted by Crippen LogP contribution is 2.39. The summed E-state index contributed by atoms with van der Waals surface area (Å²) in [4.78, 5) is 15.8. The smallest absolute Gasteiger partial charge is 0.317 e. The van der Waals surface area contributed by atoms with E-state index < -0.39 is 23.0 Å². The molecule has 128 valence electrons. The summed E-state index contributed by atoms with van der Waals surface area (Å²) >= 11 is 1.42. The van der Waals surface area contributed by atoms with Gasteiger partial charge in [0.1, 0.15) is 0 Å². The number of nitrogens with zero attached hydrogens (tertiary/aromatic N) is 3. The highest BCUT2D eigenvalue weighted by Gasteiger charge is 2.48. The van der Waals surface area contributed by atoms with E-state index in [1.807, 2.05) is 36.4 Å². The Morgan fingerprint density at radius 1 is 1.16 bits per heavy atom. The summed E-state index contributed by atoms with van der Waals surface area (Å²) in [6.45, 7) is 0.0452. The summed E-state index contributed by atoms with van der Waals surface area (Å²) in [6, 6.07) is 17.5. The number of aliphatic hydroxyl groups is 1. The van der Waals surface area contributed by atoms with Crippen molar-refractivity contribution in [2.75, 3.05) is 6.54 Å². The molecule has 0 spiro atoms. The van der Waals surface area contributed by atoms with Crippen LogP contribution in [0.3, 0.4) is 0 Å². The van der Waals surface area contributed by atoms with Crippen molar-refractivity contribution >= 4 is 17.8 Å². The van der Waals surface area contributed by atoms with Crippen LogP contribution in [0.25, 0.3) is 10.4 Å². The van der Waals surface area contributed by atoms with Crippen LogP contribution >= 0.6 is 11.8 Å². The maximum absolute atomic E-state index is 12.1. The minimum atomic E-state index is -1.60. The lowest BCUT2D eigenvalue weighted by molar-refractivity contribution is -0.00937. The molecule has 1 saturated heterocycles. The summed E-state index contributed by atoms with van der Waals surface area (Å²) in [7, 11) is 0. The molecule has 0 aliphatic carbocycles. The fourth-order valence-corrected chi connectivity index (χ4v) is 4.11. The minimum absolute atomic E-state index is 0.0452. The van der Waals surface area contributed by atoms with E-state index in [2.05, 4.69) is 20.7 Å². The van der Waals surface area contributed by atoms with Gasteiger partial charge in [0, 0.05) is 21.9 Å². The van der Waals surface area contributed by atoms with Gasteiger partial charge in [0.05, 0.1) is 11.3 Å². The average Bonchev–Trinajstić information content (AvgIpc) is 2.64. The molecule has 25 heavy (non-hydrogen) atoms. The molecular weight excluding hydrogens is 338 g/mol. The van der Waals surface area contributed by atoms with Crippen molar-refractivity contribution in [2.45, 2.75) is 21.9 Å². The van der Waals surface area contributed by atoms with Crippen LogP contribution in [-0.4, -0.2) is 29.0 Å². The fraction of sp³-hybridized carbons (Fsp3) is 0.235. The van der Waals surface area contributed by atoms with E-state index in [-0.39, 0.29) is 6.54 Å². The van der Waals surface area contributed by atoms with Crippen molar-refractivity contribution in [1.82, 2.24) is 10.6 Å². The van der Waals surface area contributed by atoms with Crippen LogP contribution in [0, 0.1) is 0 Å². The third-order valence-corrected chi connectivity index (χ3v) is 5.43. The van der Waals surface area contributed by atoms with E-state index >= 15 is 0 Å². The second-order valence-corrected chi connectivity index (χ2v) is 6.82. The van der Waals surface area contributed by atoms with Gasteiger partial charge in [-0.05, 0) is 17.7 Å². The maximum Gasteiger partial charge on any atom is 0.317 e. The predicted octanol–water partition coefficient (Wildman–Crippen LogP) is 2.98. The van der Waals surface area contributed by atoms with Crippen LogP contribution in [-0.2, 0) is 5.72 Å². The van der Waals surface area contributed by atoms with Gasteiger partial charge < -0.3 is 15.7 Å². The molecule has 3 unspecified atom stereocenters. The van der Waals surface area contributed by atoms with E-state index in [0.717, 1.165) is 4.90 Å². The van der Waals surface area contributed by atoms with Gasteiger partial charge in [-0.3, -0.25) is 0 Å². The number of hydrogen-bond donors (Lipinski definition) is 3. The Bertz CT molecular complexity index is 780. The van der Waals surface area contributed by atoms with Crippen LogP contribution in [0.5, 0.6) is 0 Å². The monoisotopic (exact) mass is 355 g/mol. The fourth-order valence-electron chi connectivity index (χ4n) is 2.82. The largest absolute Gasteiger partial charge is 0.366 e. The predicted molar refractivity (Wildman–Crippen MR) is 95.9 cm³/mol. The van der Waals surface area contributed by atoms with Crippen molar-refractivity contribution < 1.29 is 9.90 Å². The molecule has 3 rings (SSSR count). The molecule has 2 aromatic carbocycles. The first-order valence-electron chi connectivity index (χ1n) is 7.72. The van der Waals surface area contributed by atoms with Crippen molar-refractivity contribution in [3.05, 3.63) is 76.7 Å². The molecule has 1 aliphatic heterocycles. The topological polar surface area (TPSA) is 110 Å². The van der Waals surface area contributed by atoms with Gasteiger partial charge >= 0.3 is 6.03 Å². The molecule has 7 nitrogen and oxygen atoms in total. The van der Waals surface area contributed by atoms with Gasteiger partial charge in [-0.25, -0.2) is 4.79 Å². The Balaban J connectivity index is 2.02. The molecule has 1 aliphatic rings. The molecule has 0 bridgehead atoms. The first kappa shape index (κ1) is 17.2. The van der Waals surface area contributed by atoms with Crippen LogP contribution in [0.4, 0.5) is 4.79 Å². The normalized spacial score (nSPS) is 25.4. The Morgan fingerprint density at radius 2 is 1.80 bits per heavy atom. The Morgan fingerprint density at radius 3 is 2.44 bits per heavy atom. The lowest BCUT2D eigenvalue weighted by Crippen LogP contribution is -2.68. The molecule has 2 amide bonds. The van der Waals surface area contributed by atoms with E-state index in [4.69, 9.17) is 5.53 Å². The van der Waals surface area contributed by atoms with Crippen molar-refractivity contribution in [3.8, 4) is 0 Å². The van der Waals surface area contributed by atoms with Crippen LogP contribution in [0.2, 0.25) is 0 Å². The van der Waals surface area contributed by atoms with Crippen LogP contribution in [0.1, 0.15) is 5.56 Å². The number of urea groups is 1. The van der Waals surface area contributed by atoms with E-state index in [1.54, 1.807) is 24.3 Å². The number of nitrogens with one attached hydrogen (secondary N) is 2. The molecule has 0 aromatic heterocycles. The number of rotatable bonds is 5. The first-order valence-corrected chi connectivity index (χ1v) is 8.60. The molecular formula is C17H17N5O2S. The Labute approximate surface area is 149 Å². The average molecular weight is 355 g/mol. The zero-order chi connectivity index (χ0) is 17.7. The lowest BCUT2D eigenvalue weighted by atomic mass is 9.92. The second-order valence-electron chi connectivity index (χ2n) is 5.60. The summed E-state index contributed by atoms with van der Waals surface area (Å²) < 4.78 is 0. The standard InChI is InChI=1S/C17H17N5O2S/c18-22-19-11-14-15(25-13-9-5-2-6-10-13)17(24,21-16(23)20-14)12-7-3-1-4-8-12/h1-10,14-15,24H,11H2,(H2,20,21,23). The Kier molecular flexibility index (Phi) is 5.14. The summed E-state index contributed by atoms with van der Waals surface area (Å²) in [5, 5.41) is 19.9. The first-order chi connectivity index (χ1) is 12.1. The molecule has 1 heterocycles. The van der Waals surface area contributed by atoms with E-state index in [1.165, 1.54) is 11.8 Å². The van der Waals surface area contributed by atoms with Gasteiger partial charge in [-0.1, -0.05) is 53.6 Å². The number of benzene rings is 2. The number of azide groups is 1. The van der Waals surface area contributed by atoms with Crippen LogP contribution < -0.4 is 10.6 Å². The van der Waals surface area contributed by atoms with Crippen molar-refractivity contribution in [2.24, 2.45) is 5.11 Å². The van der Waals surface area contributed by atoms with E-state index in [9.17, 15) is 9.90 Å². The number of carbonyl (C=O) groups excluding carboxylic acids is 1. The number of carbonyl (C=O) groups is 1. The highest BCUT2D eigenvalue weighted by atomic mass is 32.2. The van der Waals surface area contributed by atoms with Gasteiger partial charge in [-0.15, -0.1) is 11.8 Å². The van der Waals surface area contributed by atoms with E-state index in [0.29, 0.717) is 5.56 Å². The van der Waals surface area contributed by atoms with Gasteiger partial charge in [-0.2, -0.15) is 0 Å². The molecule has 8 heteroatoms. The number of hydrogen-bond acceptors (Lipinski definition) is 4. The highest BCUT2D eigenvalue weighted by molar-refractivity contribution is 8.00. The zero-order valence-corrected chi connectivity index (χ0v) is 14.1. The quantitative estimate of drug-likeness (QED) is 0.435. The second kappa shape index (κ2) is 7.48. The summed E-state index contributed by atoms with van der Waals surface area (Å²) in [6.07, 6.45) is 0. The number of thioether (sulfide) groups is 1. The SMILES string of the molecule is [N-]=[N+]=NCC1NC(=O)NC(O)(c2ccccc2)C1Sc1ccccc1. The molecule has 0 radical (unpaired) electrons. The maximum atomic E-state index is 12.1. The minimum Gasteiger partial charge on any atom is -0.366 e. The molecule has 2 aromatic rings. The summed E-state index contributed by atoms with van der Waals surface area (Å²) in [5.74, 6) is 0. The van der Waals surface area contributed by atoms with Gasteiger partial charge in [0.2, 0.25) is 0 Å². The van der Waals surface area contributed by atoms with Gasteiger partial charge in [0.15, 0.2) is 5.72 Å². The lowest BCUT2D eigenvalue weighted by Gasteiger charge is -2.44. The van der Waals surface area contributed by atoms with Crippen molar-refractivity contribution in [3.63, 3.8) is 0 Å². The summed E-state index contributed by atoms with van der Waals surface area (Å²) in [5.41, 5.74) is 7.62. The van der Waals surface area contributed by atoms with Gasteiger partial charge in [0.25, 0.3) is 0 Å².